The highest BCUT2D eigenvalue weighted by Gasteiger charge is 2.14. The summed E-state index contributed by atoms with van der Waals surface area (Å²) in [4.78, 5) is 0. The largest absolute Gasteiger partial charge is 0.456 e. The number of furan rings is 1. The zero-order valence-electron chi connectivity index (χ0n) is 10.4. The molecule has 0 fully saturated rings. The molecule has 17 heavy (non-hydrogen) atoms. The van der Waals surface area contributed by atoms with Gasteiger partial charge >= 0.3 is 0 Å². The second-order valence-electron chi connectivity index (χ2n) is 4.92. The standard InChI is InChI=1S/C16H16O/c1-10(2)15-11(3)8-9-14-16(15)12-6-4-5-7-13(12)17-14/h4-10H,1-3H3. The molecule has 0 aliphatic rings. The summed E-state index contributed by atoms with van der Waals surface area (Å²) in [6.45, 7) is 6.66. The van der Waals surface area contributed by atoms with Crippen molar-refractivity contribution in [1.82, 2.24) is 0 Å². The summed E-state index contributed by atoms with van der Waals surface area (Å²) in [6, 6.07) is 12.5. The lowest BCUT2D eigenvalue weighted by Crippen LogP contribution is -1.92. The van der Waals surface area contributed by atoms with Crippen LogP contribution in [0.3, 0.4) is 0 Å². The van der Waals surface area contributed by atoms with Crippen LogP contribution in [0.5, 0.6) is 0 Å². The second kappa shape index (κ2) is 3.63. The van der Waals surface area contributed by atoms with Gasteiger partial charge in [0.15, 0.2) is 0 Å². The first-order valence-electron chi connectivity index (χ1n) is 6.09. The van der Waals surface area contributed by atoms with E-state index < -0.39 is 0 Å². The van der Waals surface area contributed by atoms with Gasteiger partial charge in [0.05, 0.1) is 0 Å². The van der Waals surface area contributed by atoms with Crippen molar-refractivity contribution in [2.45, 2.75) is 26.7 Å². The molecule has 3 rings (SSSR count). The van der Waals surface area contributed by atoms with E-state index >= 15 is 0 Å². The fourth-order valence-electron chi connectivity index (χ4n) is 2.69. The lowest BCUT2D eigenvalue weighted by Gasteiger charge is -2.10. The fraction of sp³-hybridized carbons (Fsp3) is 0.250. The summed E-state index contributed by atoms with van der Waals surface area (Å²) in [5.41, 5.74) is 4.74. The van der Waals surface area contributed by atoms with E-state index in [9.17, 15) is 0 Å². The van der Waals surface area contributed by atoms with Crippen LogP contribution in [0.4, 0.5) is 0 Å². The molecule has 0 spiro atoms. The molecule has 0 radical (unpaired) electrons. The Bertz CT molecular complexity index is 689. The molecule has 1 heterocycles. The van der Waals surface area contributed by atoms with Crippen LogP contribution in [0.2, 0.25) is 0 Å². The Morgan fingerprint density at radius 3 is 2.47 bits per heavy atom. The van der Waals surface area contributed by atoms with E-state index in [0.29, 0.717) is 5.92 Å². The van der Waals surface area contributed by atoms with E-state index in [1.807, 2.05) is 12.1 Å². The van der Waals surface area contributed by atoms with E-state index in [0.717, 1.165) is 11.2 Å². The van der Waals surface area contributed by atoms with Crippen LogP contribution in [0.15, 0.2) is 40.8 Å². The molecule has 0 saturated carbocycles. The quantitative estimate of drug-likeness (QED) is 0.565. The van der Waals surface area contributed by atoms with Gasteiger partial charge in [-0.2, -0.15) is 0 Å². The number of rotatable bonds is 1. The van der Waals surface area contributed by atoms with Crippen molar-refractivity contribution in [3.8, 4) is 0 Å². The molecule has 0 atom stereocenters. The van der Waals surface area contributed by atoms with E-state index in [1.165, 1.54) is 21.9 Å². The Morgan fingerprint density at radius 2 is 1.71 bits per heavy atom. The molecule has 0 saturated heterocycles. The Kier molecular flexibility index (Phi) is 2.22. The summed E-state index contributed by atoms with van der Waals surface area (Å²) >= 11 is 0. The summed E-state index contributed by atoms with van der Waals surface area (Å²) in [5, 5.41) is 2.52. The minimum Gasteiger partial charge on any atom is -0.456 e. The molecule has 1 aromatic heterocycles. The molecule has 0 amide bonds. The van der Waals surface area contributed by atoms with Gasteiger partial charge in [-0.1, -0.05) is 38.1 Å². The average Bonchev–Trinajstić information content (AvgIpc) is 2.67. The number of aryl methyl sites for hydroxylation is 1. The number of fused-ring (bicyclic) bond motifs is 3. The van der Waals surface area contributed by atoms with Gasteiger partial charge in [-0.3, -0.25) is 0 Å². The van der Waals surface area contributed by atoms with Gasteiger partial charge in [0.1, 0.15) is 11.2 Å². The highest BCUT2D eigenvalue weighted by atomic mass is 16.3. The second-order valence-corrected chi connectivity index (χ2v) is 4.92. The molecular formula is C16H16O. The summed E-state index contributed by atoms with van der Waals surface area (Å²) < 4.78 is 5.90. The first kappa shape index (κ1) is 10.4. The maximum Gasteiger partial charge on any atom is 0.135 e. The van der Waals surface area contributed by atoms with Gasteiger partial charge in [-0.25, -0.2) is 0 Å². The highest BCUT2D eigenvalue weighted by Crippen LogP contribution is 2.36. The molecule has 3 aromatic rings. The number of para-hydroxylation sites is 1. The average molecular weight is 224 g/mol. The summed E-state index contributed by atoms with van der Waals surface area (Å²) in [5.74, 6) is 0.514. The summed E-state index contributed by atoms with van der Waals surface area (Å²) in [7, 11) is 0. The van der Waals surface area contributed by atoms with E-state index in [2.05, 4.69) is 45.0 Å². The van der Waals surface area contributed by atoms with Gasteiger partial charge in [0.2, 0.25) is 0 Å². The van der Waals surface area contributed by atoms with Crippen molar-refractivity contribution in [3.05, 3.63) is 47.5 Å². The van der Waals surface area contributed by atoms with Gasteiger partial charge in [0.25, 0.3) is 0 Å². The van der Waals surface area contributed by atoms with Gasteiger partial charge < -0.3 is 4.42 Å². The Morgan fingerprint density at radius 1 is 0.941 bits per heavy atom. The van der Waals surface area contributed by atoms with Crippen LogP contribution in [-0.2, 0) is 0 Å². The summed E-state index contributed by atoms with van der Waals surface area (Å²) in [6.07, 6.45) is 0. The lowest BCUT2D eigenvalue weighted by atomic mass is 9.93. The fourth-order valence-corrected chi connectivity index (χ4v) is 2.69. The van der Waals surface area contributed by atoms with Gasteiger partial charge in [-0.15, -0.1) is 0 Å². The Hall–Kier alpha value is -1.76. The minimum absolute atomic E-state index is 0.514. The smallest absolute Gasteiger partial charge is 0.135 e. The van der Waals surface area contributed by atoms with Crippen molar-refractivity contribution in [1.29, 1.82) is 0 Å². The Labute approximate surface area is 101 Å². The van der Waals surface area contributed by atoms with Crippen LogP contribution < -0.4 is 0 Å². The number of benzene rings is 2. The van der Waals surface area contributed by atoms with Crippen LogP contribution in [0.1, 0.15) is 30.9 Å². The van der Waals surface area contributed by atoms with Crippen molar-refractivity contribution < 1.29 is 4.42 Å². The van der Waals surface area contributed by atoms with Crippen molar-refractivity contribution in [2.24, 2.45) is 0 Å². The monoisotopic (exact) mass is 224 g/mol. The molecule has 0 aliphatic heterocycles. The van der Waals surface area contributed by atoms with Crippen molar-refractivity contribution in [2.75, 3.05) is 0 Å². The predicted molar refractivity (Wildman–Crippen MR) is 72.5 cm³/mol. The molecule has 0 N–H and O–H groups in total. The first-order valence-corrected chi connectivity index (χ1v) is 6.09. The number of hydrogen-bond acceptors (Lipinski definition) is 1. The molecule has 0 unspecified atom stereocenters. The van der Waals surface area contributed by atoms with Gasteiger partial charge in [-0.05, 0) is 36.1 Å². The van der Waals surface area contributed by atoms with Crippen molar-refractivity contribution in [3.63, 3.8) is 0 Å². The maximum atomic E-state index is 5.90. The van der Waals surface area contributed by atoms with E-state index in [-0.39, 0.29) is 0 Å². The molecule has 0 aliphatic carbocycles. The van der Waals surface area contributed by atoms with Crippen LogP contribution in [0, 0.1) is 6.92 Å². The normalized spacial score (nSPS) is 11.8. The molecule has 2 aromatic carbocycles. The molecule has 0 bridgehead atoms. The molecule has 1 heteroatoms. The SMILES string of the molecule is Cc1ccc2oc3ccccc3c2c1C(C)C. The van der Waals surface area contributed by atoms with Gasteiger partial charge in [0, 0.05) is 10.8 Å². The zero-order valence-corrected chi connectivity index (χ0v) is 10.4. The zero-order chi connectivity index (χ0) is 12.0. The van der Waals surface area contributed by atoms with Crippen molar-refractivity contribution >= 4 is 21.9 Å². The minimum atomic E-state index is 0.514. The number of hydrogen-bond donors (Lipinski definition) is 0. The maximum absolute atomic E-state index is 5.90. The van der Waals surface area contributed by atoms with Crippen LogP contribution in [0.25, 0.3) is 21.9 Å². The molecular weight excluding hydrogens is 208 g/mol. The van der Waals surface area contributed by atoms with E-state index in [4.69, 9.17) is 4.42 Å². The van der Waals surface area contributed by atoms with Crippen LogP contribution >= 0.6 is 0 Å². The Balaban J connectivity index is 2.56. The molecule has 1 nitrogen and oxygen atoms in total. The third-order valence-corrected chi connectivity index (χ3v) is 3.38. The van der Waals surface area contributed by atoms with E-state index in [1.54, 1.807) is 0 Å². The molecule has 86 valence electrons. The lowest BCUT2D eigenvalue weighted by molar-refractivity contribution is 0.668. The topological polar surface area (TPSA) is 13.1 Å². The predicted octanol–water partition coefficient (Wildman–Crippen LogP) is 5.02. The van der Waals surface area contributed by atoms with Crippen LogP contribution in [-0.4, -0.2) is 0 Å². The third kappa shape index (κ3) is 1.46. The third-order valence-electron chi connectivity index (χ3n) is 3.38. The first-order chi connectivity index (χ1) is 8.18. The highest BCUT2D eigenvalue weighted by molar-refractivity contribution is 6.07.